The van der Waals surface area contributed by atoms with Gasteiger partial charge in [-0.05, 0) is 62.4 Å². The summed E-state index contributed by atoms with van der Waals surface area (Å²) in [7, 11) is 1.54. The Hall–Kier alpha value is -3.91. The van der Waals surface area contributed by atoms with Gasteiger partial charge in [0.05, 0.1) is 37.3 Å². The Morgan fingerprint density at radius 1 is 1.24 bits per heavy atom. The lowest BCUT2D eigenvalue weighted by atomic mass is 9.89. The number of likely N-dealkylation sites (tertiary alicyclic amines) is 1. The number of benzene rings is 1. The van der Waals surface area contributed by atoms with Gasteiger partial charge in [0, 0.05) is 19.3 Å². The summed E-state index contributed by atoms with van der Waals surface area (Å²) in [6.45, 7) is 2.11. The number of anilines is 3. The molecule has 2 aliphatic heterocycles. The molecule has 2 fully saturated rings. The van der Waals surface area contributed by atoms with E-state index in [9.17, 15) is 22.8 Å². The second-order valence-electron chi connectivity index (χ2n) is 10.7. The average molecular weight is 590 g/mol. The van der Waals surface area contributed by atoms with Crippen LogP contribution in [0, 0.1) is 0 Å². The summed E-state index contributed by atoms with van der Waals surface area (Å²) in [5, 5.41) is 3.24. The molecule has 1 atom stereocenters. The normalized spacial score (nSPS) is 18.4. The third-order valence-electron chi connectivity index (χ3n) is 7.94. The molecule has 4 heterocycles. The molecule has 2 aliphatic rings. The number of aromatic nitrogens is 3. The number of fused-ring (bicyclic) bond motifs is 1. The van der Waals surface area contributed by atoms with Gasteiger partial charge in [-0.15, -0.1) is 0 Å². The molecule has 0 saturated carbocycles. The molecule has 11 nitrogen and oxygen atoms in total. The highest BCUT2D eigenvalue weighted by Crippen LogP contribution is 2.35. The Bertz CT molecular complexity index is 1510. The maximum atomic E-state index is 13.0. The van der Waals surface area contributed by atoms with Crippen LogP contribution in [-0.4, -0.2) is 71.0 Å². The number of methoxy groups -OCH3 is 1. The summed E-state index contributed by atoms with van der Waals surface area (Å²) >= 11 is 0. The minimum Gasteiger partial charge on any atom is -0.495 e. The third kappa shape index (κ3) is 6.44. The quantitative estimate of drug-likeness (QED) is 0.341. The molecule has 0 bridgehead atoms. The van der Waals surface area contributed by atoms with Crippen molar-refractivity contribution in [3.8, 4) is 5.75 Å². The first-order chi connectivity index (χ1) is 20.0. The first-order valence-electron chi connectivity index (χ1n) is 13.9. The molecule has 0 spiro atoms. The van der Waals surface area contributed by atoms with Crippen LogP contribution in [0.1, 0.15) is 53.9 Å². The van der Waals surface area contributed by atoms with Gasteiger partial charge in [0.25, 0.3) is 5.91 Å². The summed E-state index contributed by atoms with van der Waals surface area (Å²) in [6, 6.07) is 5.69. The van der Waals surface area contributed by atoms with Crippen LogP contribution in [0.5, 0.6) is 5.75 Å². The first kappa shape index (κ1) is 29.6. The standard InChI is InChI=1S/C28H34F3N7O4/c1-41-21-13-17(16-6-9-37(10-7-16)11-8-28(29,30)31)4-5-20(21)35-27-34-14-19-23(39)22(25(33)40)24(32)38(26(19)36-27)15-18-3-2-12-42-18/h4-5,13-14,16,18H,2-3,6-12,15,32H2,1H3,(H2,33,40)(H,34,35,36). The molecule has 226 valence electrons. The zero-order valence-electron chi connectivity index (χ0n) is 23.2. The van der Waals surface area contributed by atoms with E-state index in [4.69, 9.17) is 20.9 Å². The van der Waals surface area contributed by atoms with E-state index in [0.29, 0.717) is 31.1 Å². The molecule has 1 aromatic carbocycles. The van der Waals surface area contributed by atoms with Crippen molar-refractivity contribution in [2.45, 2.75) is 56.8 Å². The highest BCUT2D eigenvalue weighted by molar-refractivity contribution is 6.00. The van der Waals surface area contributed by atoms with Gasteiger partial charge in [-0.1, -0.05) is 6.07 Å². The summed E-state index contributed by atoms with van der Waals surface area (Å²) < 4.78 is 50.7. The lowest BCUT2D eigenvalue weighted by Gasteiger charge is -2.32. The van der Waals surface area contributed by atoms with Gasteiger partial charge in [-0.2, -0.15) is 18.2 Å². The molecule has 1 amide bonds. The van der Waals surface area contributed by atoms with Crippen LogP contribution in [0.2, 0.25) is 0 Å². The van der Waals surface area contributed by atoms with Crippen molar-refractivity contribution in [1.29, 1.82) is 0 Å². The second-order valence-corrected chi connectivity index (χ2v) is 10.7. The van der Waals surface area contributed by atoms with Crippen LogP contribution in [0.4, 0.5) is 30.6 Å². The number of amides is 1. The van der Waals surface area contributed by atoms with Crippen LogP contribution >= 0.6 is 0 Å². The number of ether oxygens (including phenoxy) is 2. The van der Waals surface area contributed by atoms with Gasteiger partial charge in [0.1, 0.15) is 17.1 Å². The number of carbonyl (C=O) groups excluding carboxylic acids is 1. The number of pyridine rings is 1. The van der Waals surface area contributed by atoms with Gasteiger partial charge < -0.3 is 35.7 Å². The zero-order chi connectivity index (χ0) is 30.0. The smallest absolute Gasteiger partial charge is 0.390 e. The second kappa shape index (κ2) is 12.1. The fourth-order valence-electron chi connectivity index (χ4n) is 5.67. The van der Waals surface area contributed by atoms with Crippen LogP contribution in [0.15, 0.2) is 29.2 Å². The van der Waals surface area contributed by atoms with Crippen LogP contribution < -0.4 is 26.9 Å². The maximum Gasteiger partial charge on any atom is 0.390 e. The molecular formula is C28H34F3N7O4. The number of nitrogen functional groups attached to an aromatic ring is 1. The van der Waals surface area contributed by atoms with Crippen LogP contribution in [0.25, 0.3) is 11.0 Å². The molecule has 5 rings (SSSR count). The van der Waals surface area contributed by atoms with Crippen molar-refractivity contribution in [2.24, 2.45) is 5.73 Å². The average Bonchev–Trinajstić information content (AvgIpc) is 3.47. The predicted octanol–water partition coefficient (Wildman–Crippen LogP) is 3.54. The molecule has 0 radical (unpaired) electrons. The molecule has 5 N–H and O–H groups in total. The number of carbonyl (C=O) groups is 1. The van der Waals surface area contributed by atoms with Crippen molar-refractivity contribution in [3.63, 3.8) is 0 Å². The molecule has 2 saturated heterocycles. The Balaban J connectivity index is 1.38. The minimum absolute atomic E-state index is 0.0190. The molecule has 42 heavy (non-hydrogen) atoms. The number of nitrogens with two attached hydrogens (primary N) is 2. The monoisotopic (exact) mass is 589 g/mol. The Kier molecular flexibility index (Phi) is 8.55. The summed E-state index contributed by atoms with van der Waals surface area (Å²) in [6.07, 6.45) is -0.593. The minimum atomic E-state index is -4.15. The molecular weight excluding hydrogens is 555 g/mol. The molecule has 2 aromatic heterocycles. The van der Waals surface area contributed by atoms with Crippen molar-refractivity contribution in [1.82, 2.24) is 19.4 Å². The molecule has 1 unspecified atom stereocenters. The number of alkyl halides is 3. The van der Waals surface area contributed by atoms with E-state index in [1.54, 1.807) is 4.57 Å². The molecule has 3 aromatic rings. The van der Waals surface area contributed by atoms with Crippen LogP contribution in [-0.2, 0) is 11.3 Å². The first-order valence-corrected chi connectivity index (χ1v) is 13.9. The van der Waals surface area contributed by atoms with E-state index in [1.165, 1.54) is 13.3 Å². The predicted molar refractivity (Wildman–Crippen MR) is 151 cm³/mol. The highest BCUT2D eigenvalue weighted by atomic mass is 19.4. The van der Waals surface area contributed by atoms with Crippen molar-refractivity contribution >= 4 is 34.4 Å². The van der Waals surface area contributed by atoms with Crippen molar-refractivity contribution < 1.29 is 27.4 Å². The van der Waals surface area contributed by atoms with E-state index in [1.807, 2.05) is 23.1 Å². The zero-order valence-corrected chi connectivity index (χ0v) is 23.2. The number of halogens is 3. The Morgan fingerprint density at radius 3 is 2.64 bits per heavy atom. The Morgan fingerprint density at radius 2 is 2.00 bits per heavy atom. The van der Waals surface area contributed by atoms with E-state index >= 15 is 0 Å². The molecule has 0 aliphatic carbocycles. The maximum absolute atomic E-state index is 13.0. The van der Waals surface area contributed by atoms with Gasteiger partial charge in [-0.3, -0.25) is 9.59 Å². The number of primary amides is 1. The summed E-state index contributed by atoms with van der Waals surface area (Å²) in [4.78, 5) is 35.8. The fourth-order valence-corrected chi connectivity index (χ4v) is 5.67. The summed E-state index contributed by atoms with van der Waals surface area (Å²) in [5.74, 6) is -0.0954. The van der Waals surface area contributed by atoms with E-state index in [0.717, 1.165) is 31.2 Å². The van der Waals surface area contributed by atoms with Gasteiger partial charge in [0.2, 0.25) is 11.4 Å². The number of nitrogens with zero attached hydrogens (tertiary/aromatic N) is 4. The number of piperidine rings is 1. The number of hydrogen-bond donors (Lipinski definition) is 3. The number of nitrogens with one attached hydrogen (secondary N) is 1. The van der Waals surface area contributed by atoms with Crippen LogP contribution in [0.3, 0.4) is 0 Å². The Labute approximate surface area is 240 Å². The van der Waals surface area contributed by atoms with Crippen molar-refractivity contribution in [3.05, 3.63) is 45.7 Å². The van der Waals surface area contributed by atoms with Gasteiger partial charge in [-0.25, -0.2) is 4.98 Å². The highest BCUT2D eigenvalue weighted by Gasteiger charge is 2.30. The SMILES string of the molecule is COc1cc(C2CCN(CCC(F)(F)F)CC2)ccc1Nc1ncc2c(=O)c(C(N)=O)c(N)n(CC3CCCO3)c2n1. The number of hydrogen-bond acceptors (Lipinski definition) is 9. The summed E-state index contributed by atoms with van der Waals surface area (Å²) in [5.41, 5.74) is 12.6. The van der Waals surface area contributed by atoms with Gasteiger partial charge >= 0.3 is 6.18 Å². The van der Waals surface area contributed by atoms with E-state index in [-0.39, 0.29) is 53.5 Å². The lowest BCUT2D eigenvalue weighted by Crippen LogP contribution is -2.35. The van der Waals surface area contributed by atoms with E-state index in [2.05, 4.69) is 15.3 Å². The number of rotatable bonds is 9. The van der Waals surface area contributed by atoms with Crippen molar-refractivity contribution in [2.75, 3.05) is 44.4 Å². The largest absolute Gasteiger partial charge is 0.495 e. The molecule has 14 heteroatoms. The van der Waals surface area contributed by atoms with Gasteiger partial charge in [0.15, 0.2) is 5.65 Å². The third-order valence-corrected chi connectivity index (χ3v) is 7.94. The van der Waals surface area contributed by atoms with E-state index < -0.39 is 23.9 Å². The topological polar surface area (TPSA) is 151 Å². The fraction of sp³-hybridized carbons (Fsp3) is 0.500. The lowest BCUT2D eigenvalue weighted by molar-refractivity contribution is -0.138.